The van der Waals surface area contributed by atoms with Gasteiger partial charge in [0.15, 0.2) is 0 Å². The van der Waals surface area contributed by atoms with E-state index in [1.54, 1.807) is 0 Å². The topological polar surface area (TPSA) is 92.7 Å². The summed E-state index contributed by atoms with van der Waals surface area (Å²) in [4.78, 5) is 37.3. The maximum atomic E-state index is 8.12. The Morgan fingerprint density at radius 3 is 1.44 bits per heavy atom. The Balaban J connectivity index is 0.000000719. The van der Waals surface area contributed by atoms with Crippen molar-refractivity contribution in [3.63, 3.8) is 0 Å². The van der Waals surface area contributed by atoms with E-state index in [9.17, 15) is 0 Å². The summed E-state index contributed by atoms with van der Waals surface area (Å²) >= 11 is 0. The monoisotopic (exact) mass is 620 g/mol. The quantitative estimate of drug-likeness (QED) is 0.337. The van der Waals surface area contributed by atoms with Crippen LogP contribution in [0.5, 0.6) is 0 Å². The predicted octanol–water partition coefficient (Wildman–Crippen LogP) is 9.18. The molecule has 1 N–H and O–H groups in total. The number of aryl methyl sites for hydroxylation is 2. The highest BCUT2D eigenvalue weighted by atomic mass is 16.2. The van der Waals surface area contributed by atoms with Crippen molar-refractivity contribution in [3.8, 4) is 0 Å². The van der Waals surface area contributed by atoms with Crippen LogP contribution in [0.1, 0.15) is 123 Å². The van der Waals surface area contributed by atoms with Crippen LogP contribution in [0, 0.1) is 36.5 Å². The van der Waals surface area contributed by atoms with Gasteiger partial charge in [-0.25, -0.2) is 0 Å². The minimum Gasteiger partial charge on any atom is -0.310 e. The lowest BCUT2D eigenvalue weighted by atomic mass is 9.71. The zero-order valence-electron chi connectivity index (χ0n) is 28.4. The number of aliphatic imine (C=N–C) groups is 1. The fourth-order valence-corrected chi connectivity index (χ4v) is 6.07. The minimum atomic E-state index is 0. The first-order valence-corrected chi connectivity index (χ1v) is 16.1. The van der Waals surface area contributed by atoms with E-state index >= 15 is 0 Å². The van der Waals surface area contributed by atoms with Crippen molar-refractivity contribution >= 4 is 18.5 Å². The van der Waals surface area contributed by atoms with Crippen LogP contribution in [-0.2, 0) is 25.7 Å². The number of rotatable bonds is 5. The summed E-state index contributed by atoms with van der Waals surface area (Å²) in [5, 5.41) is 3.73. The van der Waals surface area contributed by atoms with Crippen molar-refractivity contribution in [1.29, 1.82) is 0 Å². The van der Waals surface area contributed by atoms with E-state index in [-0.39, 0.29) is 19.7 Å². The Bertz CT molecular complexity index is 1130. The molecule has 2 aliphatic rings. The second-order valence-corrected chi connectivity index (χ2v) is 14.5. The molecule has 0 saturated heterocycles. The Morgan fingerprint density at radius 2 is 1.04 bits per heavy atom. The van der Waals surface area contributed by atoms with Gasteiger partial charge in [0.1, 0.15) is 0 Å². The van der Waals surface area contributed by atoms with E-state index in [2.05, 4.69) is 115 Å². The van der Waals surface area contributed by atoms with Crippen LogP contribution in [0.2, 0.25) is 0 Å². The smallest absolute Gasteiger partial charge is 0.310 e. The molecule has 0 radical (unpaired) electrons. The lowest BCUT2D eigenvalue weighted by Crippen LogP contribution is -2.35. The Labute approximate surface area is 273 Å². The molecule has 0 aliphatic heterocycles. The summed E-state index contributed by atoms with van der Waals surface area (Å²) < 4.78 is 0. The van der Waals surface area contributed by atoms with Crippen LogP contribution in [0.3, 0.4) is 0 Å². The summed E-state index contributed by atoms with van der Waals surface area (Å²) in [5.74, 6) is 1.78. The molecular weight excluding hydrogens is 560 g/mol. The molecule has 2 aliphatic carbocycles. The first kappa shape index (κ1) is 41.8. The number of hydrogen-bond donors (Lipinski definition) is 1. The van der Waals surface area contributed by atoms with E-state index in [0.29, 0.717) is 16.9 Å². The first-order valence-electron chi connectivity index (χ1n) is 16.1. The number of benzene rings is 2. The van der Waals surface area contributed by atoms with E-state index in [4.69, 9.17) is 24.2 Å². The van der Waals surface area contributed by atoms with Crippen LogP contribution in [0.15, 0.2) is 53.5 Å². The van der Waals surface area contributed by atoms with Crippen LogP contribution in [0.4, 0.5) is 0 Å². The molecule has 6 heteroatoms. The molecule has 2 aromatic carbocycles. The highest BCUT2D eigenvalue weighted by Crippen LogP contribution is 2.39. The lowest BCUT2D eigenvalue weighted by molar-refractivity contribution is -0.193. The molecule has 2 aromatic rings. The molecule has 45 heavy (non-hydrogen) atoms. The molecule has 2 fully saturated rings. The van der Waals surface area contributed by atoms with Crippen molar-refractivity contribution < 1.29 is 19.2 Å². The van der Waals surface area contributed by atoms with Gasteiger partial charge < -0.3 is 5.32 Å². The molecule has 4 rings (SSSR count). The van der Waals surface area contributed by atoms with Crippen molar-refractivity contribution in [1.82, 2.24) is 5.32 Å². The van der Waals surface area contributed by atoms with Crippen molar-refractivity contribution in [3.05, 3.63) is 70.8 Å². The molecular formula is C39H60N2O4. The van der Waals surface area contributed by atoms with Gasteiger partial charge in [-0.1, -0.05) is 109 Å². The third-order valence-electron chi connectivity index (χ3n) is 9.10. The number of nitrogens with zero attached hydrogens (tertiary/aromatic N) is 1. The van der Waals surface area contributed by atoms with Crippen LogP contribution < -0.4 is 5.32 Å². The van der Waals surface area contributed by atoms with Crippen LogP contribution in [-0.4, -0.2) is 30.6 Å². The number of carbonyl (C=O) groups excluding carboxylic acids is 4. The maximum Gasteiger partial charge on any atom is 0.373 e. The van der Waals surface area contributed by atoms with Crippen LogP contribution in [0.25, 0.3) is 0 Å². The molecule has 0 bridgehead atoms. The SMILES string of the molecule is C.Cc1ccc(C=NC2CCC(C(C)(C)C)CC2)cc1.Cc1ccc(CNC2CCC(C(C)(C)C)CC2)cc1.O=C=O.O=C=O. The number of hydrogen-bond acceptors (Lipinski definition) is 6. The summed E-state index contributed by atoms with van der Waals surface area (Å²) in [6, 6.07) is 18.8. The van der Waals surface area contributed by atoms with Gasteiger partial charge in [-0.3, -0.25) is 4.99 Å². The van der Waals surface area contributed by atoms with Gasteiger partial charge in [0.25, 0.3) is 0 Å². The van der Waals surface area contributed by atoms with E-state index in [0.717, 1.165) is 24.4 Å². The first-order chi connectivity index (χ1) is 20.7. The average molecular weight is 621 g/mol. The maximum absolute atomic E-state index is 8.12. The zero-order chi connectivity index (χ0) is 33.2. The number of nitrogens with one attached hydrogen (secondary N) is 1. The second-order valence-electron chi connectivity index (χ2n) is 14.5. The van der Waals surface area contributed by atoms with Gasteiger partial charge in [-0.2, -0.15) is 19.2 Å². The standard InChI is InChI=1S/C18H29N.C18H27N.2CO2.CH4/c2*1-14-5-7-15(8-6-14)13-19-17-11-9-16(10-12-17)18(2,3)4;2*2-1-3;/h5-8,16-17,19H,9-13H2,1-4H3;5-8,13,16-17H,9-12H2,1-4H3;;;1H4. The molecule has 0 heterocycles. The highest BCUT2D eigenvalue weighted by Gasteiger charge is 2.30. The molecule has 0 unspecified atom stereocenters. The molecule has 0 spiro atoms. The highest BCUT2D eigenvalue weighted by molar-refractivity contribution is 5.79. The lowest BCUT2D eigenvalue weighted by Gasteiger charge is -2.37. The Kier molecular flexibility index (Phi) is 20.0. The molecule has 6 nitrogen and oxygen atoms in total. The fraction of sp³-hybridized carbons (Fsp3) is 0.615. The normalized spacial score (nSPS) is 21.2. The summed E-state index contributed by atoms with van der Waals surface area (Å²) in [7, 11) is 0. The molecule has 0 amide bonds. The molecule has 0 atom stereocenters. The Hall–Kier alpha value is -3.17. The van der Waals surface area contributed by atoms with Crippen LogP contribution >= 0.6 is 0 Å². The van der Waals surface area contributed by atoms with E-state index in [1.807, 2.05) is 0 Å². The van der Waals surface area contributed by atoms with Gasteiger partial charge in [0, 0.05) is 24.8 Å². The fourth-order valence-electron chi connectivity index (χ4n) is 6.07. The predicted molar refractivity (Wildman–Crippen MR) is 184 cm³/mol. The van der Waals surface area contributed by atoms with Gasteiger partial charge in [-0.05, 0) is 99.0 Å². The Morgan fingerprint density at radius 1 is 0.667 bits per heavy atom. The molecule has 250 valence electrons. The van der Waals surface area contributed by atoms with Crippen molar-refractivity contribution in [2.75, 3.05) is 0 Å². The minimum absolute atomic E-state index is 0. The van der Waals surface area contributed by atoms with Gasteiger partial charge in [0.05, 0.1) is 0 Å². The van der Waals surface area contributed by atoms with Gasteiger partial charge >= 0.3 is 12.3 Å². The van der Waals surface area contributed by atoms with Gasteiger partial charge in [0.2, 0.25) is 0 Å². The summed E-state index contributed by atoms with van der Waals surface area (Å²) in [6.45, 7) is 19.5. The average Bonchev–Trinajstić information content (AvgIpc) is 2.97. The van der Waals surface area contributed by atoms with Crippen molar-refractivity contribution in [2.24, 2.45) is 27.7 Å². The molecule has 2 saturated carbocycles. The van der Waals surface area contributed by atoms with Gasteiger partial charge in [-0.15, -0.1) is 0 Å². The van der Waals surface area contributed by atoms with Crippen molar-refractivity contribution in [2.45, 2.75) is 133 Å². The third kappa shape index (κ3) is 17.8. The summed E-state index contributed by atoms with van der Waals surface area (Å²) in [6.07, 6.45) is 13.2. The summed E-state index contributed by atoms with van der Waals surface area (Å²) in [5.41, 5.74) is 6.23. The largest absolute Gasteiger partial charge is 0.373 e. The zero-order valence-corrected chi connectivity index (χ0v) is 28.4. The second kappa shape index (κ2) is 21.5. The van der Waals surface area contributed by atoms with E-state index in [1.165, 1.54) is 73.6 Å². The van der Waals surface area contributed by atoms with E-state index < -0.39 is 0 Å². The molecule has 0 aromatic heterocycles. The third-order valence-corrected chi connectivity index (χ3v) is 9.10.